The van der Waals surface area contributed by atoms with Gasteiger partial charge in [-0.05, 0) is 44.2 Å². The third-order valence-corrected chi connectivity index (χ3v) is 4.84. The molecular formula is C16H21N3OS. The van der Waals surface area contributed by atoms with Crippen molar-refractivity contribution in [1.82, 2.24) is 14.5 Å². The Hall–Kier alpha value is -1.46. The van der Waals surface area contributed by atoms with Gasteiger partial charge in [0.05, 0.1) is 10.9 Å². The zero-order valence-corrected chi connectivity index (χ0v) is 13.2. The number of nitrogens with one attached hydrogen (secondary N) is 1. The molecule has 0 saturated heterocycles. The molecule has 2 aromatic rings. The second kappa shape index (κ2) is 6.12. The van der Waals surface area contributed by atoms with Crippen molar-refractivity contribution in [2.24, 2.45) is 0 Å². The lowest BCUT2D eigenvalue weighted by Crippen LogP contribution is -2.34. The van der Waals surface area contributed by atoms with E-state index >= 15 is 0 Å². The maximum Gasteiger partial charge on any atom is 0.262 e. The molecule has 0 amide bonds. The quantitative estimate of drug-likeness (QED) is 0.883. The molecule has 1 N–H and O–H groups in total. The number of hydrogen-bond donors (Lipinski definition) is 1. The summed E-state index contributed by atoms with van der Waals surface area (Å²) in [5, 5.41) is 0.703. The van der Waals surface area contributed by atoms with Crippen molar-refractivity contribution < 1.29 is 0 Å². The molecule has 4 nitrogen and oxygen atoms in total. The van der Waals surface area contributed by atoms with Crippen LogP contribution in [0.5, 0.6) is 0 Å². The largest absolute Gasteiger partial charge is 0.332 e. The average Bonchev–Trinajstić information content (AvgIpc) is 3.01. The SMILES string of the molecule is CN(CCn1c(=S)[nH]c2ccccc2c1=O)C1CCCC1. The third kappa shape index (κ3) is 2.94. The minimum Gasteiger partial charge on any atom is -0.332 e. The first kappa shape index (κ1) is 14.5. The number of likely N-dealkylation sites (N-methyl/N-ethyl adjacent to an activating group) is 1. The Morgan fingerprint density at radius 2 is 2.05 bits per heavy atom. The van der Waals surface area contributed by atoms with Crippen LogP contribution in [-0.4, -0.2) is 34.1 Å². The Kier molecular flexibility index (Phi) is 4.22. The second-order valence-electron chi connectivity index (χ2n) is 5.85. The van der Waals surface area contributed by atoms with E-state index in [1.165, 1.54) is 25.7 Å². The number of hydrogen-bond acceptors (Lipinski definition) is 3. The molecule has 0 radical (unpaired) electrons. The lowest BCUT2D eigenvalue weighted by atomic mass is 10.2. The monoisotopic (exact) mass is 303 g/mol. The van der Waals surface area contributed by atoms with Crippen LogP contribution in [0.2, 0.25) is 0 Å². The summed E-state index contributed by atoms with van der Waals surface area (Å²) in [4.78, 5) is 18.1. The summed E-state index contributed by atoms with van der Waals surface area (Å²) in [5.41, 5.74) is 0.821. The van der Waals surface area contributed by atoms with Crippen molar-refractivity contribution in [3.8, 4) is 0 Å². The first-order chi connectivity index (χ1) is 10.2. The van der Waals surface area contributed by atoms with Gasteiger partial charge in [0.1, 0.15) is 0 Å². The second-order valence-corrected chi connectivity index (χ2v) is 6.24. The lowest BCUT2D eigenvalue weighted by Gasteiger charge is -2.24. The van der Waals surface area contributed by atoms with Gasteiger partial charge in [-0.2, -0.15) is 0 Å². The lowest BCUT2D eigenvalue weighted by molar-refractivity contribution is 0.235. The number of rotatable bonds is 4. The first-order valence-corrected chi connectivity index (χ1v) is 8.00. The number of fused-ring (bicyclic) bond motifs is 1. The van der Waals surface area contributed by atoms with E-state index in [9.17, 15) is 4.79 Å². The Bertz CT molecular complexity index is 743. The van der Waals surface area contributed by atoms with Crippen molar-refractivity contribution in [2.45, 2.75) is 38.3 Å². The summed E-state index contributed by atoms with van der Waals surface area (Å²) in [7, 11) is 2.15. The average molecular weight is 303 g/mol. The van der Waals surface area contributed by atoms with E-state index in [1.807, 2.05) is 24.3 Å². The molecule has 0 spiro atoms. The maximum absolute atomic E-state index is 12.5. The van der Waals surface area contributed by atoms with Gasteiger partial charge < -0.3 is 9.88 Å². The number of aromatic nitrogens is 2. The summed E-state index contributed by atoms with van der Waals surface area (Å²) < 4.78 is 2.20. The molecule has 0 unspecified atom stereocenters. The zero-order chi connectivity index (χ0) is 14.8. The minimum absolute atomic E-state index is 0.00849. The molecule has 0 atom stereocenters. The van der Waals surface area contributed by atoms with E-state index in [1.54, 1.807) is 4.57 Å². The highest BCUT2D eigenvalue weighted by Crippen LogP contribution is 2.22. The van der Waals surface area contributed by atoms with Crippen LogP contribution in [0.1, 0.15) is 25.7 Å². The number of benzene rings is 1. The molecule has 1 saturated carbocycles. The summed E-state index contributed by atoms with van der Waals surface area (Å²) in [6, 6.07) is 8.20. The van der Waals surface area contributed by atoms with Crippen LogP contribution in [0.25, 0.3) is 10.9 Å². The zero-order valence-electron chi connectivity index (χ0n) is 12.3. The van der Waals surface area contributed by atoms with Crippen LogP contribution in [0.15, 0.2) is 29.1 Å². The predicted octanol–water partition coefficient (Wildman–Crippen LogP) is 2.93. The Morgan fingerprint density at radius 3 is 2.81 bits per heavy atom. The molecule has 1 aliphatic carbocycles. The molecule has 1 aromatic carbocycles. The van der Waals surface area contributed by atoms with Gasteiger partial charge in [-0.25, -0.2) is 0 Å². The Labute approximate surface area is 129 Å². The van der Waals surface area contributed by atoms with E-state index in [2.05, 4.69) is 16.9 Å². The fraction of sp³-hybridized carbons (Fsp3) is 0.500. The molecule has 0 aliphatic heterocycles. The molecule has 1 fully saturated rings. The van der Waals surface area contributed by atoms with Crippen LogP contribution in [-0.2, 0) is 6.54 Å². The first-order valence-electron chi connectivity index (χ1n) is 7.59. The fourth-order valence-corrected chi connectivity index (χ4v) is 3.47. The molecule has 21 heavy (non-hydrogen) atoms. The van der Waals surface area contributed by atoms with E-state index in [0.29, 0.717) is 22.7 Å². The van der Waals surface area contributed by atoms with Crippen molar-refractivity contribution in [3.05, 3.63) is 39.4 Å². The van der Waals surface area contributed by atoms with E-state index in [-0.39, 0.29) is 5.56 Å². The van der Waals surface area contributed by atoms with Crippen LogP contribution >= 0.6 is 12.2 Å². The summed E-state index contributed by atoms with van der Waals surface area (Å²) in [6.07, 6.45) is 5.20. The number of para-hydroxylation sites is 1. The predicted molar refractivity (Wildman–Crippen MR) is 88.3 cm³/mol. The summed E-state index contributed by atoms with van der Waals surface area (Å²) in [6.45, 7) is 1.51. The van der Waals surface area contributed by atoms with E-state index < -0.39 is 0 Å². The van der Waals surface area contributed by atoms with E-state index in [4.69, 9.17) is 12.2 Å². The highest BCUT2D eigenvalue weighted by Gasteiger charge is 2.19. The summed E-state index contributed by atoms with van der Waals surface area (Å²) in [5.74, 6) is 0. The standard InChI is InChI=1S/C16H21N3OS/c1-18(12-6-2-3-7-12)10-11-19-15(20)13-8-4-5-9-14(13)17-16(19)21/h4-5,8-9,12H,2-3,6-7,10-11H2,1H3,(H,17,21). The Morgan fingerprint density at radius 1 is 1.33 bits per heavy atom. The molecule has 112 valence electrons. The van der Waals surface area contributed by atoms with Gasteiger partial charge >= 0.3 is 0 Å². The molecule has 5 heteroatoms. The van der Waals surface area contributed by atoms with Gasteiger partial charge in [0.25, 0.3) is 5.56 Å². The third-order valence-electron chi connectivity index (χ3n) is 4.51. The van der Waals surface area contributed by atoms with Crippen LogP contribution in [0.3, 0.4) is 0 Å². The van der Waals surface area contributed by atoms with E-state index in [0.717, 1.165) is 12.1 Å². The molecule has 1 heterocycles. The number of H-pyrrole nitrogens is 1. The van der Waals surface area contributed by atoms with Gasteiger partial charge in [-0.3, -0.25) is 9.36 Å². The van der Waals surface area contributed by atoms with Gasteiger partial charge in [0, 0.05) is 19.1 Å². The van der Waals surface area contributed by atoms with Crippen molar-refractivity contribution >= 4 is 23.1 Å². The van der Waals surface area contributed by atoms with Gasteiger partial charge in [-0.1, -0.05) is 25.0 Å². The van der Waals surface area contributed by atoms with Gasteiger partial charge in [-0.15, -0.1) is 0 Å². The number of aromatic amines is 1. The molecule has 0 bridgehead atoms. The minimum atomic E-state index is 0.00849. The maximum atomic E-state index is 12.5. The van der Waals surface area contributed by atoms with Crippen molar-refractivity contribution in [3.63, 3.8) is 0 Å². The number of nitrogens with zero attached hydrogens (tertiary/aromatic N) is 2. The highest BCUT2D eigenvalue weighted by molar-refractivity contribution is 7.71. The molecule has 3 rings (SSSR count). The molecule has 1 aromatic heterocycles. The highest BCUT2D eigenvalue weighted by atomic mass is 32.1. The van der Waals surface area contributed by atoms with Gasteiger partial charge in [0.15, 0.2) is 4.77 Å². The molecular weight excluding hydrogens is 282 g/mol. The molecule has 1 aliphatic rings. The summed E-state index contributed by atoms with van der Waals surface area (Å²) >= 11 is 5.34. The van der Waals surface area contributed by atoms with Gasteiger partial charge in [0.2, 0.25) is 0 Å². The van der Waals surface area contributed by atoms with Crippen molar-refractivity contribution in [1.29, 1.82) is 0 Å². The Balaban J connectivity index is 1.83. The fourth-order valence-electron chi connectivity index (χ4n) is 3.19. The van der Waals surface area contributed by atoms with Crippen LogP contribution in [0, 0.1) is 4.77 Å². The van der Waals surface area contributed by atoms with Crippen LogP contribution in [0.4, 0.5) is 0 Å². The van der Waals surface area contributed by atoms with Crippen LogP contribution < -0.4 is 5.56 Å². The van der Waals surface area contributed by atoms with Crippen molar-refractivity contribution in [2.75, 3.05) is 13.6 Å². The smallest absolute Gasteiger partial charge is 0.262 e. The topological polar surface area (TPSA) is 41.0 Å². The normalized spacial score (nSPS) is 16.1.